The number of amides is 2. The van der Waals surface area contributed by atoms with Crippen molar-refractivity contribution in [2.24, 2.45) is 0 Å². The molecule has 3 aromatic carbocycles. The van der Waals surface area contributed by atoms with E-state index in [0.29, 0.717) is 39.7 Å². The second-order valence-corrected chi connectivity index (χ2v) is 10.2. The lowest BCUT2D eigenvalue weighted by molar-refractivity contribution is 0.0947. The number of carbonyl (C=O) groups excluding carboxylic acids is 2. The lowest BCUT2D eigenvalue weighted by Crippen LogP contribution is -2.31. The number of nitrogens with one attached hydrogen (secondary N) is 1. The Kier molecular flexibility index (Phi) is 6.48. The van der Waals surface area contributed by atoms with Crippen LogP contribution in [0.4, 0.5) is 5.69 Å². The molecule has 7 heteroatoms. The molecule has 6 nitrogen and oxygen atoms in total. The summed E-state index contributed by atoms with van der Waals surface area (Å²) in [5.74, 6) is -0.528. The van der Waals surface area contributed by atoms with Crippen LogP contribution in [0.5, 0.6) is 0 Å². The highest BCUT2D eigenvalue weighted by atomic mass is 32.2. The zero-order valence-electron chi connectivity index (χ0n) is 20.0. The Labute approximate surface area is 212 Å². The predicted molar refractivity (Wildman–Crippen MR) is 139 cm³/mol. The third-order valence-electron chi connectivity index (χ3n) is 6.28. The molecule has 0 aliphatic carbocycles. The van der Waals surface area contributed by atoms with Crippen LogP contribution >= 0.6 is 0 Å². The average Bonchev–Trinajstić information content (AvgIpc) is 2.99. The summed E-state index contributed by atoms with van der Waals surface area (Å²) in [6.07, 6.45) is 3.37. The molecule has 0 unspecified atom stereocenters. The first-order valence-corrected chi connectivity index (χ1v) is 12.8. The van der Waals surface area contributed by atoms with Gasteiger partial charge in [0.05, 0.1) is 38.4 Å². The third kappa shape index (κ3) is 4.57. The van der Waals surface area contributed by atoms with Gasteiger partial charge in [-0.25, -0.2) is 4.21 Å². The number of aromatic nitrogens is 1. The van der Waals surface area contributed by atoms with E-state index in [-0.39, 0.29) is 11.8 Å². The fourth-order valence-electron chi connectivity index (χ4n) is 4.29. The molecular formula is C29H25N3O3S. The van der Waals surface area contributed by atoms with E-state index in [0.717, 1.165) is 22.3 Å². The van der Waals surface area contributed by atoms with Gasteiger partial charge in [-0.3, -0.25) is 14.6 Å². The van der Waals surface area contributed by atoms with Crippen LogP contribution in [-0.4, -0.2) is 21.0 Å². The van der Waals surface area contributed by atoms with Gasteiger partial charge in [0.1, 0.15) is 0 Å². The average molecular weight is 496 g/mol. The molecule has 0 spiro atoms. The minimum atomic E-state index is -1.57. The Hall–Kier alpha value is -4.10. The molecule has 1 aromatic heterocycles. The molecule has 1 N–H and O–H groups in total. The van der Waals surface area contributed by atoms with Crippen LogP contribution in [0.25, 0.3) is 0 Å². The molecule has 1 atom stereocenters. The van der Waals surface area contributed by atoms with Crippen molar-refractivity contribution in [3.63, 3.8) is 0 Å². The van der Waals surface area contributed by atoms with Gasteiger partial charge in [0.25, 0.3) is 11.8 Å². The molecule has 2 heterocycles. The van der Waals surface area contributed by atoms with Crippen molar-refractivity contribution < 1.29 is 13.8 Å². The fourth-order valence-corrected chi connectivity index (χ4v) is 5.63. The van der Waals surface area contributed by atoms with E-state index in [2.05, 4.69) is 16.4 Å². The van der Waals surface area contributed by atoms with Gasteiger partial charge in [0.2, 0.25) is 0 Å². The number of anilines is 1. The number of rotatable bonds is 5. The molecule has 2 amide bonds. The van der Waals surface area contributed by atoms with E-state index >= 15 is 0 Å². The van der Waals surface area contributed by atoms with Crippen LogP contribution in [0.15, 0.2) is 95.0 Å². The van der Waals surface area contributed by atoms with E-state index in [1.54, 1.807) is 59.8 Å². The summed E-state index contributed by atoms with van der Waals surface area (Å²) in [7, 11) is -1.57. The second kappa shape index (κ2) is 9.87. The van der Waals surface area contributed by atoms with Gasteiger partial charge in [0.15, 0.2) is 0 Å². The number of hydrogen-bond acceptors (Lipinski definition) is 4. The molecule has 0 fully saturated rings. The van der Waals surface area contributed by atoms with Gasteiger partial charge in [-0.15, -0.1) is 0 Å². The number of hydrogen-bond donors (Lipinski definition) is 1. The van der Waals surface area contributed by atoms with Gasteiger partial charge >= 0.3 is 0 Å². The van der Waals surface area contributed by atoms with Gasteiger partial charge in [-0.05, 0) is 66.9 Å². The zero-order valence-corrected chi connectivity index (χ0v) is 20.8. The molecule has 1 aliphatic rings. The summed E-state index contributed by atoms with van der Waals surface area (Å²) >= 11 is 0. The molecule has 0 saturated heterocycles. The Morgan fingerprint density at radius 1 is 0.972 bits per heavy atom. The lowest BCUT2D eigenvalue weighted by atomic mass is 10.0. The highest BCUT2D eigenvalue weighted by Gasteiger charge is 2.31. The van der Waals surface area contributed by atoms with E-state index in [9.17, 15) is 13.8 Å². The Morgan fingerprint density at radius 3 is 2.61 bits per heavy atom. The molecule has 0 radical (unpaired) electrons. The van der Waals surface area contributed by atoms with Crippen LogP contribution < -0.4 is 10.2 Å². The number of carbonyl (C=O) groups is 2. The maximum Gasteiger partial charge on any atom is 0.259 e. The fraction of sp³-hybridized carbons (Fsp3) is 0.138. The Bertz CT molecular complexity index is 1500. The molecule has 4 aromatic rings. The lowest BCUT2D eigenvalue weighted by Gasteiger charge is -2.24. The SMILES string of the molecule is Cc1ccc(C)c(CN2C(=O)c3ccccc3[S@@](=O)c3ccc(C(=O)NCc4cccnc4)cc32)c1. The van der Waals surface area contributed by atoms with Crippen LogP contribution in [-0.2, 0) is 23.9 Å². The monoisotopic (exact) mass is 495 g/mol. The van der Waals surface area contributed by atoms with Crippen molar-refractivity contribution >= 4 is 28.3 Å². The number of aryl methyl sites for hydroxylation is 2. The quantitative estimate of drug-likeness (QED) is 0.425. The van der Waals surface area contributed by atoms with Gasteiger partial charge < -0.3 is 10.2 Å². The summed E-state index contributed by atoms with van der Waals surface area (Å²) in [4.78, 5) is 33.5. The Morgan fingerprint density at radius 2 is 1.81 bits per heavy atom. The summed E-state index contributed by atoms with van der Waals surface area (Å²) in [5, 5.41) is 2.90. The summed E-state index contributed by atoms with van der Waals surface area (Å²) in [6.45, 7) is 4.64. The van der Waals surface area contributed by atoms with E-state index < -0.39 is 10.8 Å². The predicted octanol–water partition coefficient (Wildman–Crippen LogP) is 4.96. The minimum Gasteiger partial charge on any atom is -0.348 e. The summed E-state index contributed by atoms with van der Waals surface area (Å²) in [5.41, 5.74) is 5.28. The molecule has 0 bridgehead atoms. The maximum atomic E-state index is 13.8. The number of benzene rings is 3. The first-order valence-electron chi connectivity index (χ1n) is 11.6. The third-order valence-corrected chi connectivity index (χ3v) is 7.78. The van der Waals surface area contributed by atoms with Gasteiger partial charge in [0, 0.05) is 24.5 Å². The van der Waals surface area contributed by atoms with E-state index in [1.807, 2.05) is 38.1 Å². The van der Waals surface area contributed by atoms with Crippen molar-refractivity contribution in [1.29, 1.82) is 0 Å². The molecule has 180 valence electrons. The number of fused-ring (bicyclic) bond motifs is 2. The van der Waals surface area contributed by atoms with Crippen LogP contribution in [0.2, 0.25) is 0 Å². The number of nitrogens with zero attached hydrogens (tertiary/aromatic N) is 2. The molecule has 0 saturated carbocycles. The second-order valence-electron chi connectivity index (χ2n) is 8.81. The van der Waals surface area contributed by atoms with Crippen molar-refractivity contribution in [2.75, 3.05) is 4.90 Å². The topological polar surface area (TPSA) is 79.4 Å². The molecule has 36 heavy (non-hydrogen) atoms. The highest BCUT2D eigenvalue weighted by Crippen LogP contribution is 2.36. The smallest absolute Gasteiger partial charge is 0.259 e. The largest absolute Gasteiger partial charge is 0.348 e. The Balaban J connectivity index is 1.57. The van der Waals surface area contributed by atoms with Gasteiger partial charge in [-0.2, -0.15) is 0 Å². The van der Waals surface area contributed by atoms with Crippen molar-refractivity contribution in [3.8, 4) is 0 Å². The zero-order chi connectivity index (χ0) is 25.2. The number of pyridine rings is 1. The highest BCUT2D eigenvalue weighted by molar-refractivity contribution is 7.85. The normalized spacial score (nSPS) is 14.6. The van der Waals surface area contributed by atoms with Crippen molar-refractivity contribution in [1.82, 2.24) is 10.3 Å². The molecule has 1 aliphatic heterocycles. The van der Waals surface area contributed by atoms with Crippen molar-refractivity contribution in [2.45, 2.75) is 36.7 Å². The van der Waals surface area contributed by atoms with Crippen LogP contribution in [0.1, 0.15) is 43.0 Å². The summed E-state index contributed by atoms with van der Waals surface area (Å²) in [6, 6.07) is 21.8. The van der Waals surface area contributed by atoms with Crippen LogP contribution in [0.3, 0.4) is 0 Å². The first kappa shape index (κ1) is 23.6. The molecular weight excluding hydrogens is 470 g/mol. The standard InChI is InChI=1S/C29H25N3O3S/c1-19-9-10-20(2)23(14-19)18-32-25-15-22(28(33)31-17-21-6-5-13-30-16-21)11-12-27(25)36(35)26-8-4-3-7-24(26)29(32)34/h3-16H,17-18H2,1-2H3,(H,31,33)/t36-/m1/s1. The van der Waals surface area contributed by atoms with E-state index in [4.69, 9.17) is 0 Å². The minimum absolute atomic E-state index is 0.244. The summed E-state index contributed by atoms with van der Waals surface area (Å²) < 4.78 is 13.6. The maximum absolute atomic E-state index is 13.8. The van der Waals surface area contributed by atoms with Crippen LogP contribution in [0, 0.1) is 13.8 Å². The van der Waals surface area contributed by atoms with Crippen molar-refractivity contribution in [3.05, 3.63) is 119 Å². The first-order chi connectivity index (χ1) is 17.4. The van der Waals surface area contributed by atoms with Gasteiger partial charge in [-0.1, -0.05) is 42.0 Å². The molecule has 5 rings (SSSR count). The van der Waals surface area contributed by atoms with E-state index in [1.165, 1.54) is 0 Å².